The van der Waals surface area contributed by atoms with Crippen LogP contribution in [0.1, 0.15) is 34.5 Å². The maximum Gasteiger partial charge on any atom is 0.264 e. The number of nitrogens with zero attached hydrogens (tertiary/aromatic N) is 1. The van der Waals surface area contributed by atoms with Gasteiger partial charge in [0.05, 0.1) is 43.0 Å². The molecule has 0 fully saturated rings. The molecule has 0 saturated heterocycles. The Kier molecular flexibility index (Phi) is 8.33. The van der Waals surface area contributed by atoms with Crippen molar-refractivity contribution >= 4 is 21.6 Å². The summed E-state index contributed by atoms with van der Waals surface area (Å²) in [7, 11) is -0.921. The molecule has 0 heterocycles. The SMILES string of the molecule is COc1ccc(C(C)NC(=O)c2ccccc2N(Cc2ccccc2)S(=O)(=O)c2ccc(OC)cc2)cc1. The molecule has 0 aliphatic heterocycles. The van der Waals surface area contributed by atoms with Crippen molar-refractivity contribution in [3.63, 3.8) is 0 Å². The van der Waals surface area contributed by atoms with Gasteiger partial charge in [0.2, 0.25) is 0 Å². The average molecular weight is 531 g/mol. The van der Waals surface area contributed by atoms with Gasteiger partial charge in [0, 0.05) is 0 Å². The first-order valence-electron chi connectivity index (χ1n) is 12.1. The van der Waals surface area contributed by atoms with Gasteiger partial charge < -0.3 is 14.8 Å². The molecule has 1 N–H and O–H groups in total. The molecule has 0 spiro atoms. The van der Waals surface area contributed by atoms with Crippen LogP contribution < -0.4 is 19.1 Å². The van der Waals surface area contributed by atoms with E-state index in [1.165, 1.54) is 23.5 Å². The number of amides is 1. The van der Waals surface area contributed by atoms with Crippen molar-refractivity contribution in [3.05, 3.63) is 120 Å². The Labute approximate surface area is 223 Å². The fourth-order valence-electron chi connectivity index (χ4n) is 4.06. The van der Waals surface area contributed by atoms with Crippen LogP contribution in [0.25, 0.3) is 0 Å². The largest absolute Gasteiger partial charge is 0.497 e. The van der Waals surface area contributed by atoms with Crippen LogP contribution in [0, 0.1) is 0 Å². The number of carbonyl (C=O) groups excluding carboxylic acids is 1. The van der Waals surface area contributed by atoms with E-state index in [0.29, 0.717) is 5.75 Å². The first-order chi connectivity index (χ1) is 18.3. The lowest BCUT2D eigenvalue weighted by Gasteiger charge is -2.27. The second-order valence-corrected chi connectivity index (χ2v) is 10.5. The van der Waals surface area contributed by atoms with E-state index in [9.17, 15) is 13.2 Å². The fourth-order valence-corrected chi connectivity index (χ4v) is 5.53. The predicted molar refractivity (Wildman–Crippen MR) is 148 cm³/mol. The third-order valence-corrected chi connectivity index (χ3v) is 7.97. The summed E-state index contributed by atoms with van der Waals surface area (Å²) >= 11 is 0. The first-order valence-corrected chi connectivity index (χ1v) is 13.5. The molecule has 0 saturated carbocycles. The quantitative estimate of drug-likeness (QED) is 0.289. The number of hydrogen-bond acceptors (Lipinski definition) is 5. The standard InChI is InChI=1S/C30H30N2O5S/c1-22(24-13-15-25(36-2)16-14-24)31-30(33)28-11-7-8-12-29(28)32(21-23-9-5-4-6-10-23)38(34,35)27-19-17-26(37-3)18-20-27/h4-20,22H,21H2,1-3H3,(H,31,33). The van der Waals surface area contributed by atoms with E-state index < -0.39 is 10.0 Å². The molecule has 0 radical (unpaired) electrons. The lowest BCUT2D eigenvalue weighted by molar-refractivity contribution is 0.0940. The molecule has 4 aromatic rings. The van der Waals surface area contributed by atoms with Crippen molar-refractivity contribution in [2.45, 2.75) is 24.4 Å². The predicted octanol–water partition coefficient (Wildman–Crippen LogP) is 5.59. The Bertz CT molecular complexity index is 1470. The Balaban J connectivity index is 1.71. The second kappa shape index (κ2) is 11.8. The number of rotatable bonds is 10. The van der Waals surface area contributed by atoms with E-state index >= 15 is 0 Å². The van der Waals surface area contributed by atoms with Crippen LogP contribution >= 0.6 is 0 Å². The minimum Gasteiger partial charge on any atom is -0.497 e. The molecular weight excluding hydrogens is 500 g/mol. The van der Waals surface area contributed by atoms with Gasteiger partial charge in [-0.15, -0.1) is 0 Å². The molecule has 1 atom stereocenters. The van der Waals surface area contributed by atoms with E-state index in [-0.39, 0.29) is 34.6 Å². The number of carbonyl (C=O) groups is 1. The van der Waals surface area contributed by atoms with Crippen molar-refractivity contribution in [2.24, 2.45) is 0 Å². The van der Waals surface area contributed by atoms with Gasteiger partial charge in [-0.3, -0.25) is 9.10 Å². The summed E-state index contributed by atoms with van der Waals surface area (Å²) in [5, 5.41) is 3.00. The van der Waals surface area contributed by atoms with Gasteiger partial charge in [-0.05, 0) is 66.6 Å². The minimum absolute atomic E-state index is 0.0491. The van der Waals surface area contributed by atoms with Gasteiger partial charge in [0.1, 0.15) is 11.5 Å². The van der Waals surface area contributed by atoms with Crippen LogP contribution in [0.3, 0.4) is 0 Å². The highest BCUT2D eigenvalue weighted by atomic mass is 32.2. The van der Waals surface area contributed by atoms with E-state index in [1.54, 1.807) is 43.5 Å². The molecule has 0 bridgehead atoms. The third-order valence-electron chi connectivity index (χ3n) is 6.20. The summed E-state index contributed by atoms with van der Waals surface area (Å²) in [6.07, 6.45) is 0. The molecule has 1 amide bonds. The van der Waals surface area contributed by atoms with Crippen molar-refractivity contribution in [1.82, 2.24) is 5.32 Å². The lowest BCUT2D eigenvalue weighted by Crippen LogP contribution is -2.34. The number of ether oxygens (including phenoxy) is 2. The van der Waals surface area contributed by atoms with Gasteiger partial charge in [-0.2, -0.15) is 0 Å². The maximum atomic E-state index is 14.0. The van der Waals surface area contributed by atoms with Gasteiger partial charge in [-0.25, -0.2) is 8.42 Å². The highest BCUT2D eigenvalue weighted by Gasteiger charge is 2.29. The van der Waals surface area contributed by atoms with Gasteiger partial charge >= 0.3 is 0 Å². The lowest BCUT2D eigenvalue weighted by atomic mass is 10.1. The molecule has 0 aliphatic rings. The van der Waals surface area contributed by atoms with Crippen molar-refractivity contribution in [1.29, 1.82) is 0 Å². The first kappa shape index (κ1) is 26.8. The molecule has 4 rings (SSSR count). The number of methoxy groups -OCH3 is 2. The van der Waals surface area contributed by atoms with Crippen molar-refractivity contribution in [2.75, 3.05) is 18.5 Å². The Hall–Kier alpha value is -4.30. The van der Waals surface area contributed by atoms with Crippen LogP contribution in [0.2, 0.25) is 0 Å². The molecule has 0 aromatic heterocycles. The van der Waals surface area contributed by atoms with Crippen LogP contribution in [0.4, 0.5) is 5.69 Å². The number of hydrogen-bond donors (Lipinski definition) is 1. The smallest absolute Gasteiger partial charge is 0.264 e. The number of sulfonamides is 1. The monoisotopic (exact) mass is 530 g/mol. The number of para-hydroxylation sites is 1. The van der Waals surface area contributed by atoms with Crippen LogP contribution in [0.5, 0.6) is 11.5 Å². The molecule has 8 heteroatoms. The second-order valence-electron chi connectivity index (χ2n) is 8.66. The summed E-state index contributed by atoms with van der Waals surface area (Å²) in [6, 6.07) is 29.3. The highest BCUT2D eigenvalue weighted by Crippen LogP contribution is 2.30. The number of benzene rings is 4. The summed E-state index contributed by atoms with van der Waals surface area (Å²) in [6.45, 7) is 1.92. The van der Waals surface area contributed by atoms with E-state index in [1.807, 2.05) is 61.5 Å². The molecule has 4 aromatic carbocycles. The van der Waals surface area contributed by atoms with Crippen LogP contribution in [-0.4, -0.2) is 28.5 Å². The Morgan fingerprint density at radius 2 is 1.34 bits per heavy atom. The fraction of sp³-hybridized carbons (Fsp3) is 0.167. The summed E-state index contributed by atoms with van der Waals surface area (Å²) in [4.78, 5) is 13.6. The highest BCUT2D eigenvalue weighted by molar-refractivity contribution is 7.92. The molecular formula is C30H30N2O5S. The van der Waals surface area contributed by atoms with Crippen molar-refractivity contribution in [3.8, 4) is 11.5 Å². The van der Waals surface area contributed by atoms with Crippen LogP contribution in [0.15, 0.2) is 108 Å². The average Bonchev–Trinajstić information content (AvgIpc) is 2.96. The molecule has 7 nitrogen and oxygen atoms in total. The number of nitrogens with one attached hydrogen (secondary N) is 1. The molecule has 1 unspecified atom stereocenters. The van der Waals surface area contributed by atoms with Gasteiger partial charge in [-0.1, -0.05) is 54.6 Å². The molecule has 38 heavy (non-hydrogen) atoms. The Morgan fingerprint density at radius 1 is 0.789 bits per heavy atom. The zero-order valence-corrected chi connectivity index (χ0v) is 22.3. The zero-order valence-electron chi connectivity index (χ0n) is 21.5. The van der Waals surface area contributed by atoms with Crippen LogP contribution in [-0.2, 0) is 16.6 Å². The van der Waals surface area contributed by atoms with E-state index in [4.69, 9.17) is 9.47 Å². The normalized spacial score (nSPS) is 11.9. The van der Waals surface area contributed by atoms with E-state index in [2.05, 4.69) is 5.32 Å². The Morgan fingerprint density at radius 3 is 1.95 bits per heavy atom. The van der Waals surface area contributed by atoms with Gasteiger partial charge in [0.25, 0.3) is 15.9 Å². The topological polar surface area (TPSA) is 84.9 Å². The van der Waals surface area contributed by atoms with Crippen molar-refractivity contribution < 1.29 is 22.7 Å². The third kappa shape index (κ3) is 5.98. The van der Waals surface area contributed by atoms with E-state index in [0.717, 1.165) is 16.9 Å². The molecule has 196 valence electrons. The number of anilines is 1. The minimum atomic E-state index is -4.04. The zero-order chi connectivity index (χ0) is 27.1. The summed E-state index contributed by atoms with van der Waals surface area (Å²) in [5.41, 5.74) is 2.21. The maximum absolute atomic E-state index is 14.0. The molecule has 0 aliphatic carbocycles. The summed E-state index contributed by atoms with van der Waals surface area (Å²) in [5.74, 6) is 0.885. The van der Waals surface area contributed by atoms with Gasteiger partial charge in [0.15, 0.2) is 0 Å². The summed E-state index contributed by atoms with van der Waals surface area (Å²) < 4.78 is 39.6.